The van der Waals surface area contributed by atoms with E-state index in [1.165, 1.54) is 25.3 Å². The van der Waals surface area contributed by atoms with Crippen molar-refractivity contribution < 1.29 is 23.5 Å². The monoisotopic (exact) mass is 393 g/mol. The predicted molar refractivity (Wildman–Crippen MR) is 100 cm³/mol. The van der Waals surface area contributed by atoms with Gasteiger partial charge in [-0.15, -0.1) is 0 Å². The summed E-state index contributed by atoms with van der Waals surface area (Å²) in [4.78, 5) is 25.0. The summed E-state index contributed by atoms with van der Waals surface area (Å²) in [6.45, 7) is 3.22. The number of rotatable bonds is 7. The number of benzene rings is 2. The minimum atomic E-state index is -0.909. The van der Waals surface area contributed by atoms with Crippen molar-refractivity contribution in [3.05, 3.63) is 64.4 Å². The molecule has 0 bridgehead atoms. The second-order valence-electron chi connectivity index (χ2n) is 6.20. The van der Waals surface area contributed by atoms with E-state index in [0.29, 0.717) is 11.3 Å². The van der Waals surface area contributed by atoms with Crippen molar-refractivity contribution in [1.82, 2.24) is 5.32 Å². The van der Waals surface area contributed by atoms with Crippen molar-refractivity contribution in [3.8, 4) is 5.75 Å². The van der Waals surface area contributed by atoms with E-state index in [9.17, 15) is 14.0 Å². The Morgan fingerprint density at radius 2 is 1.85 bits per heavy atom. The fraction of sp³-hybridized carbons (Fsp3) is 0.300. The van der Waals surface area contributed by atoms with E-state index in [1.54, 1.807) is 38.1 Å². The normalized spacial score (nSPS) is 11.8. The number of amides is 1. The van der Waals surface area contributed by atoms with Gasteiger partial charge in [-0.1, -0.05) is 43.6 Å². The van der Waals surface area contributed by atoms with E-state index in [0.717, 1.165) is 0 Å². The molecule has 0 spiro atoms. The van der Waals surface area contributed by atoms with Crippen LogP contribution in [0.5, 0.6) is 5.75 Å². The van der Waals surface area contributed by atoms with Gasteiger partial charge in [-0.2, -0.15) is 0 Å². The number of hydrogen-bond donors (Lipinski definition) is 1. The van der Waals surface area contributed by atoms with Gasteiger partial charge in [0.15, 0.2) is 0 Å². The molecule has 0 saturated carbocycles. The molecular formula is C20H21ClFNO4. The molecule has 1 amide bonds. The Morgan fingerprint density at radius 3 is 2.48 bits per heavy atom. The highest BCUT2D eigenvalue weighted by molar-refractivity contribution is 6.31. The van der Waals surface area contributed by atoms with Crippen LogP contribution in [0.1, 0.15) is 29.8 Å². The fourth-order valence-corrected chi connectivity index (χ4v) is 2.67. The number of carbonyl (C=O) groups is 2. The SMILES string of the molecule is COc1ccccc1C(=O)N[C@H](C(=O)OCc1c(F)cccc1Cl)C(C)C. The molecule has 0 unspecified atom stereocenters. The first kappa shape index (κ1) is 20.7. The van der Waals surface area contributed by atoms with Gasteiger partial charge >= 0.3 is 5.97 Å². The second-order valence-corrected chi connectivity index (χ2v) is 6.61. The van der Waals surface area contributed by atoms with Crippen molar-refractivity contribution in [3.63, 3.8) is 0 Å². The van der Waals surface area contributed by atoms with E-state index < -0.39 is 23.7 Å². The van der Waals surface area contributed by atoms with E-state index >= 15 is 0 Å². The minimum Gasteiger partial charge on any atom is -0.496 e. The van der Waals surface area contributed by atoms with Crippen molar-refractivity contribution in [2.24, 2.45) is 5.92 Å². The summed E-state index contributed by atoms with van der Waals surface area (Å²) in [5.41, 5.74) is 0.390. The van der Waals surface area contributed by atoms with E-state index in [-0.39, 0.29) is 23.1 Å². The summed E-state index contributed by atoms with van der Waals surface area (Å²) in [6.07, 6.45) is 0. The van der Waals surface area contributed by atoms with Gasteiger partial charge in [0.25, 0.3) is 5.91 Å². The molecule has 1 atom stereocenters. The summed E-state index contributed by atoms with van der Waals surface area (Å²) in [5.74, 6) is -1.55. The summed E-state index contributed by atoms with van der Waals surface area (Å²) in [7, 11) is 1.46. The van der Waals surface area contributed by atoms with Crippen LogP contribution in [0.2, 0.25) is 5.02 Å². The van der Waals surface area contributed by atoms with Gasteiger partial charge < -0.3 is 14.8 Å². The van der Waals surface area contributed by atoms with Gasteiger partial charge in [-0.3, -0.25) is 4.79 Å². The first-order valence-electron chi connectivity index (χ1n) is 8.38. The van der Waals surface area contributed by atoms with Gasteiger partial charge in [-0.05, 0) is 30.2 Å². The summed E-state index contributed by atoms with van der Waals surface area (Å²) in [6, 6.07) is 9.98. The fourth-order valence-electron chi connectivity index (χ4n) is 2.45. The molecule has 7 heteroatoms. The Labute approximate surface area is 162 Å². The quantitative estimate of drug-likeness (QED) is 0.722. The maximum absolute atomic E-state index is 13.8. The maximum Gasteiger partial charge on any atom is 0.329 e. The molecule has 27 heavy (non-hydrogen) atoms. The number of hydrogen-bond acceptors (Lipinski definition) is 4. The zero-order valence-electron chi connectivity index (χ0n) is 15.3. The largest absolute Gasteiger partial charge is 0.496 e. The maximum atomic E-state index is 13.8. The van der Waals surface area contributed by atoms with E-state index in [4.69, 9.17) is 21.1 Å². The zero-order valence-corrected chi connectivity index (χ0v) is 16.0. The van der Waals surface area contributed by atoms with Crippen LogP contribution in [0.3, 0.4) is 0 Å². The van der Waals surface area contributed by atoms with Crippen LogP contribution in [0.4, 0.5) is 4.39 Å². The van der Waals surface area contributed by atoms with Crippen LogP contribution in [-0.4, -0.2) is 25.0 Å². The Morgan fingerprint density at radius 1 is 1.15 bits per heavy atom. The van der Waals surface area contributed by atoms with Crippen LogP contribution in [0.25, 0.3) is 0 Å². The first-order valence-corrected chi connectivity index (χ1v) is 8.76. The van der Waals surface area contributed by atoms with Crippen molar-refractivity contribution in [1.29, 1.82) is 0 Å². The average Bonchev–Trinajstić information content (AvgIpc) is 2.65. The van der Waals surface area contributed by atoms with Crippen LogP contribution in [-0.2, 0) is 16.1 Å². The van der Waals surface area contributed by atoms with Crippen LogP contribution in [0.15, 0.2) is 42.5 Å². The smallest absolute Gasteiger partial charge is 0.329 e. The lowest BCUT2D eigenvalue weighted by Gasteiger charge is -2.21. The number of ether oxygens (including phenoxy) is 2. The standard InChI is InChI=1S/C20H21ClFNO4/c1-12(2)18(23-19(24)13-7-4-5-10-17(13)26-3)20(25)27-11-14-15(21)8-6-9-16(14)22/h4-10,12,18H,11H2,1-3H3,(H,23,24)/t18-/m0/s1. The van der Waals surface area contributed by atoms with Crippen LogP contribution in [0, 0.1) is 11.7 Å². The van der Waals surface area contributed by atoms with Gasteiger partial charge in [-0.25, -0.2) is 9.18 Å². The molecule has 0 heterocycles. The molecular weight excluding hydrogens is 373 g/mol. The van der Waals surface area contributed by atoms with Gasteiger partial charge in [0.2, 0.25) is 0 Å². The van der Waals surface area contributed by atoms with Gasteiger partial charge in [0.1, 0.15) is 24.2 Å². The molecule has 0 radical (unpaired) electrons. The third-order valence-electron chi connectivity index (χ3n) is 3.98. The van der Waals surface area contributed by atoms with Crippen molar-refractivity contribution in [2.75, 3.05) is 7.11 Å². The number of esters is 1. The van der Waals surface area contributed by atoms with E-state index in [2.05, 4.69) is 5.32 Å². The predicted octanol–water partition coefficient (Wildman–Crippen LogP) is 3.99. The third kappa shape index (κ3) is 5.20. The average molecular weight is 394 g/mol. The Kier molecular flexibility index (Phi) is 7.19. The molecule has 2 rings (SSSR count). The number of carbonyl (C=O) groups excluding carboxylic acids is 2. The lowest BCUT2D eigenvalue weighted by Crippen LogP contribution is -2.45. The number of halogens is 2. The molecule has 5 nitrogen and oxygen atoms in total. The highest BCUT2D eigenvalue weighted by Crippen LogP contribution is 2.21. The molecule has 144 valence electrons. The Hall–Kier alpha value is -2.60. The molecule has 0 aliphatic rings. The lowest BCUT2D eigenvalue weighted by molar-refractivity contribution is -0.148. The second kappa shape index (κ2) is 9.37. The van der Waals surface area contributed by atoms with Crippen LogP contribution >= 0.6 is 11.6 Å². The molecule has 0 aromatic heterocycles. The Balaban J connectivity index is 2.10. The van der Waals surface area contributed by atoms with E-state index in [1.807, 2.05) is 0 Å². The molecule has 0 aliphatic heterocycles. The minimum absolute atomic E-state index is 0.0890. The lowest BCUT2D eigenvalue weighted by atomic mass is 10.0. The summed E-state index contributed by atoms with van der Waals surface area (Å²) < 4.78 is 24.2. The van der Waals surface area contributed by atoms with Crippen molar-refractivity contribution >= 4 is 23.5 Å². The summed E-state index contributed by atoms with van der Waals surface area (Å²) >= 11 is 5.94. The first-order chi connectivity index (χ1) is 12.8. The highest BCUT2D eigenvalue weighted by atomic mass is 35.5. The third-order valence-corrected chi connectivity index (χ3v) is 4.33. The molecule has 0 aliphatic carbocycles. The highest BCUT2D eigenvalue weighted by Gasteiger charge is 2.27. The van der Waals surface area contributed by atoms with Crippen LogP contribution < -0.4 is 10.1 Å². The molecule has 0 fully saturated rings. The Bertz CT molecular complexity index is 805. The van der Waals surface area contributed by atoms with Gasteiger partial charge in [0, 0.05) is 5.56 Å². The van der Waals surface area contributed by atoms with Crippen molar-refractivity contribution in [2.45, 2.75) is 26.5 Å². The van der Waals surface area contributed by atoms with Gasteiger partial charge in [0.05, 0.1) is 17.7 Å². The molecule has 2 aromatic rings. The topological polar surface area (TPSA) is 64.6 Å². The molecule has 2 aromatic carbocycles. The molecule has 0 saturated heterocycles. The number of nitrogens with one attached hydrogen (secondary N) is 1. The zero-order chi connectivity index (χ0) is 20.0. The number of para-hydroxylation sites is 1. The summed E-state index contributed by atoms with van der Waals surface area (Å²) in [5, 5.41) is 2.82. The molecule has 1 N–H and O–H groups in total. The number of methoxy groups -OCH3 is 1.